The van der Waals surface area contributed by atoms with E-state index in [1.54, 1.807) is 12.1 Å². The van der Waals surface area contributed by atoms with Crippen LogP contribution < -0.4 is 4.72 Å². The van der Waals surface area contributed by atoms with Crippen LogP contribution in [0.2, 0.25) is 5.02 Å². The van der Waals surface area contributed by atoms with Crippen molar-refractivity contribution >= 4 is 45.7 Å². The number of halogens is 1. The van der Waals surface area contributed by atoms with Gasteiger partial charge in [0.2, 0.25) is 0 Å². The highest BCUT2D eigenvalue weighted by atomic mass is 35.5. The summed E-state index contributed by atoms with van der Waals surface area (Å²) >= 11 is 9.64. The summed E-state index contributed by atoms with van der Waals surface area (Å²) in [7, 11) is -3.68. The normalized spacial score (nSPS) is 11.1. The Balaban J connectivity index is 2.20. The number of Topliss-reactive ketones (excluding diaryl/α,β-unsaturated/α-hetero) is 1. The molecule has 1 N–H and O–H groups in total. The quantitative estimate of drug-likeness (QED) is 0.648. The number of benzene rings is 2. The van der Waals surface area contributed by atoms with Crippen LogP contribution in [0.1, 0.15) is 10.4 Å². The lowest BCUT2D eigenvalue weighted by Gasteiger charge is -2.08. The standard InChI is InChI=1S/C14H12ClNO3S2/c15-11-3-7-13(8-4-11)21(18,19)16-12-5-1-10(2-6-12)14(17)9-20/h1-8,16,20H,9H2. The second-order valence-electron chi connectivity index (χ2n) is 4.22. The molecule has 110 valence electrons. The molecule has 0 unspecified atom stereocenters. The fourth-order valence-corrected chi connectivity index (χ4v) is 3.01. The van der Waals surface area contributed by atoms with Gasteiger partial charge in [-0.2, -0.15) is 12.6 Å². The molecule has 2 rings (SSSR count). The van der Waals surface area contributed by atoms with Crippen LogP contribution in [0, 0.1) is 0 Å². The van der Waals surface area contributed by atoms with E-state index in [-0.39, 0.29) is 16.4 Å². The van der Waals surface area contributed by atoms with Gasteiger partial charge in [-0.15, -0.1) is 0 Å². The molecule has 0 amide bonds. The van der Waals surface area contributed by atoms with E-state index in [4.69, 9.17) is 11.6 Å². The second-order valence-corrected chi connectivity index (χ2v) is 6.65. The van der Waals surface area contributed by atoms with Gasteiger partial charge in [-0.25, -0.2) is 8.42 Å². The van der Waals surface area contributed by atoms with Crippen LogP contribution in [0.25, 0.3) is 0 Å². The maximum absolute atomic E-state index is 12.2. The number of carbonyl (C=O) groups excluding carboxylic acids is 1. The van der Waals surface area contributed by atoms with E-state index in [0.717, 1.165) is 0 Å². The van der Waals surface area contributed by atoms with Gasteiger partial charge in [0.25, 0.3) is 10.0 Å². The molecular weight excluding hydrogens is 330 g/mol. The number of sulfonamides is 1. The fraction of sp³-hybridized carbons (Fsp3) is 0.0714. The maximum Gasteiger partial charge on any atom is 0.261 e. The molecule has 4 nitrogen and oxygen atoms in total. The van der Waals surface area contributed by atoms with Crippen molar-refractivity contribution in [3.05, 3.63) is 59.1 Å². The molecular formula is C14H12ClNO3S2. The zero-order chi connectivity index (χ0) is 15.5. The molecule has 0 radical (unpaired) electrons. The predicted molar refractivity (Wildman–Crippen MR) is 86.9 cm³/mol. The topological polar surface area (TPSA) is 63.2 Å². The summed E-state index contributed by atoms with van der Waals surface area (Å²) in [4.78, 5) is 11.5. The molecule has 2 aromatic carbocycles. The minimum absolute atomic E-state index is 0.107. The predicted octanol–water partition coefficient (Wildman–Crippen LogP) is 3.25. The lowest BCUT2D eigenvalue weighted by atomic mass is 10.1. The molecule has 0 saturated heterocycles. The average Bonchev–Trinajstić information content (AvgIpc) is 2.47. The Labute approximate surface area is 133 Å². The highest BCUT2D eigenvalue weighted by Gasteiger charge is 2.14. The van der Waals surface area contributed by atoms with Crippen molar-refractivity contribution in [1.29, 1.82) is 0 Å². The van der Waals surface area contributed by atoms with Crippen molar-refractivity contribution in [3.8, 4) is 0 Å². The molecule has 7 heteroatoms. The Kier molecular flexibility index (Phi) is 4.92. The van der Waals surface area contributed by atoms with Crippen molar-refractivity contribution in [2.75, 3.05) is 10.5 Å². The first kappa shape index (κ1) is 15.9. The van der Waals surface area contributed by atoms with Gasteiger partial charge >= 0.3 is 0 Å². The van der Waals surface area contributed by atoms with E-state index in [0.29, 0.717) is 16.3 Å². The van der Waals surface area contributed by atoms with Crippen LogP contribution in [-0.4, -0.2) is 20.0 Å². The first-order chi connectivity index (χ1) is 9.92. The molecule has 2 aromatic rings. The molecule has 0 aliphatic heterocycles. The maximum atomic E-state index is 12.2. The van der Waals surface area contributed by atoms with Gasteiger partial charge in [0.05, 0.1) is 10.6 Å². The lowest BCUT2D eigenvalue weighted by molar-refractivity contribution is 0.102. The Morgan fingerprint density at radius 3 is 2.14 bits per heavy atom. The molecule has 0 aliphatic rings. The van der Waals surface area contributed by atoms with E-state index in [2.05, 4.69) is 17.4 Å². The summed E-state index contributed by atoms with van der Waals surface area (Å²) in [6, 6.07) is 12.0. The Morgan fingerprint density at radius 1 is 1.05 bits per heavy atom. The largest absolute Gasteiger partial charge is 0.293 e. The number of carbonyl (C=O) groups is 1. The minimum atomic E-state index is -3.68. The van der Waals surface area contributed by atoms with Crippen LogP contribution in [0.4, 0.5) is 5.69 Å². The van der Waals surface area contributed by atoms with Gasteiger partial charge in [-0.1, -0.05) is 11.6 Å². The SMILES string of the molecule is O=C(CS)c1ccc(NS(=O)(=O)c2ccc(Cl)cc2)cc1. The van der Waals surface area contributed by atoms with Gasteiger partial charge in [-0.3, -0.25) is 9.52 Å². The number of hydrogen-bond acceptors (Lipinski definition) is 4. The van der Waals surface area contributed by atoms with Crippen LogP contribution in [0.3, 0.4) is 0 Å². The van der Waals surface area contributed by atoms with E-state index in [1.165, 1.54) is 36.4 Å². The van der Waals surface area contributed by atoms with Gasteiger partial charge in [0.1, 0.15) is 0 Å². The number of nitrogens with one attached hydrogen (secondary N) is 1. The fourth-order valence-electron chi connectivity index (χ4n) is 1.64. The highest BCUT2D eigenvalue weighted by molar-refractivity contribution is 7.92. The van der Waals surface area contributed by atoms with Gasteiger partial charge in [0.15, 0.2) is 5.78 Å². The van der Waals surface area contributed by atoms with Crippen molar-refractivity contribution < 1.29 is 13.2 Å². The smallest absolute Gasteiger partial charge is 0.261 e. The molecule has 0 atom stereocenters. The number of anilines is 1. The average molecular weight is 342 g/mol. The first-order valence-electron chi connectivity index (χ1n) is 5.95. The zero-order valence-corrected chi connectivity index (χ0v) is 13.3. The van der Waals surface area contributed by atoms with Crippen molar-refractivity contribution in [3.63, 3.8) is 0 Å². The molecule has 0 aromatic heterocycles. The van der Waals surface area contributed by atoms with Crippen LogP contribution in [0.5, 0.6) is 0 Å². The lowest BCUT2D eigenvalue weighted by Crippen LogP contribution is -2.13. The van der Waals surface area contributed by atoms with Crippen LogP contribution in [-0.2, 0) is 10.0 Å². The summed E-state index contributed by atoms with van der Waals surface area (Å²) < 4.78 is 26.7. The summed E-state index contributed by atoms with van der Waals surface area (Å²) in [6.07, 6.45) is 0. The molecule has 21 heavy (non-hydrogen) atoms. The number of ketones is 1. The summed E-state index contributed by atoms with van der Waals surface area (Å²) in [5, 5.41) is 0.462. The Morgan fingerprint density at radius 2 is 1.62 bits per heavy atom. The summed E-state index contributed by atoms with van der Waals surface area (Å²) in [6.45, 7) is 0. The van der Waals surface area contributed by atoms with E-state index >= 15 is 0 Å². The number of hydrogen-bond donors (Lipinski definition) is 2. The van der Waals surface area contributed by atoms with Crippen molar-refractivity contribution in [2.45, 2.75) is 4.90 Å². The van der Waals surface area contributed by atoms with Gasteiger partial charge in [0, 0.05) is 16.3 Å². The number of thiol groups is 1. The van der Waals surface area contributed by atoms with Gasteiger partial charge in [-0.05, 0) is 48.5 Å². The molecule has 0 aliphatic carbocycles. The van der Waals surface area contributed by atoms with Crippen molar-refractivity contribution in [1.82, 2.24) is 0 Å². The molecule has 0 fully saturated rings. The van der Waals surface area contributed by atoms with Crippen LogP contribution in [0.15, 0.2) is 53.4 Å². The minimum Gasteiger partial charge on any atom is -0.293 e. The Hall–Kier alpha value is -1.50. The second kappa shape index (κ2) is 6.51. The van der Waals surface area contributed by atoms with E-state index < -0.39 is 10.0 Å². The first-order valence-corrected chi connectivity index (χ1v) is 8.44. The van der Waals surface area contributed by atoms with E-state index in [9.17, 15) is 13.2 Å². The summed E-state index contributed by atoms with van der Waals surface area (Å²) in [5.74, 6) is -0.0130. The molecule has 0 bridgehead atoms. The summed E-state index contributed by atoms with van der Waals surface area (Å²) in [5.41, 5.74) is 0.861. The Bertz CT molecular complexity index is 741. The van der Waals surface area contributed by atoms with Crippen molar-refractivity contribution in [2.24, 2.45) is 0 Å². The van der Waals surface area contributed by atoms with E-state index in [1.807, 2.05) is 0 Å². The third kappa shape index (κ3) is 4.00. The number of rotatable bonds is 5. The zero-order valence-electron chi connectivity index (χ0n) is 10.8. The van der Waals surface area contributed by atoms with Gasteiger partial charge < -0.3 is 0 Å². The molecule has 0 saturated carbocycles. The van der Waals surface area contributed by atoms with Crippen LogP contribution >= 0.6 is 24.2 Å². The third-order valence-electron chi connectivity index (χ3n) is 2.73. The monoisotopic (exact) mass is 341 g/mol. The molecule has 0 heterocycles. The highest BCUT2D eigenvalue weighted by Crippen LogP contribution is 2.18. The third-order valence-corrected chi connectivity index (χ3v) is 4.66. The molecule has 0 spiro atoms.